The van der Waals surface area contributed by atoms with Gasteiger partial charge < -0.3 is 57.6 Å². The van der Waals surface area contributed by atoms with Gasteiger partial charge in [0.25, 0.3) is 0 Å². The maximum Gasteiger partial charge on any atom is 0.325 e. The van der Waals surface area contributed by atoms with Gasteiger partial charge >= 0.3 is 5.97 Å². The molecule has 20 nitrogen and oxygen atoms in total. The molecule has 1 aliphatic rings. The molecule has 1 saturated heterocycles. The van der Waals surface area contributed by atoms with E-state index in [1.807, 2.05) is 30.4 Å². The number of carbonyl (C=O) groups excluding carboxylic acids is 9. The first-order valence-electron chi connectivity index (χ1n) is 22.5. The lowest BCUT2D eigenvalue weighted by molar-refractivity contribution is -0.152. The topological polar surface area (TPSA) is 317 Å². The number of hydrogen-bond donors (Lipinski definition) is 10. The number of ketones is 1. The van der Waals surface area contributed by atoms with Crippen LogP contribution in [0.3, 0.4) is 0 Å². The van der Waals surface area contributed by atoms with Gasteiger partial charge in [-0.3, -0.25) is 43.2 Å². The summed E-state index contributed by atoms with van der Waals surface area (Å²) in [6.45, 7) is 1.13. The van der Waals surface area contributed by atoms with E-state index < -0.39 is 90.7 Å². The fourth-order valence-electron chi connectivity index (χ4n) is 7.01. The summed E-state index contributed by atoms with van der Waals surface area (Å²) in [6.07, 6.45) is 12.3. The van der Waals surface area contributed by atoms with E-state index >= 15 is 0 Å². The van der Waals surface area contributed by atoms with Gasteiger partial charge in [0, 0.05) is 55.7 Å². The molecule has 1 fully saturated rings. The zero-order chi connectivity index (χ0) is 48.4. The molecule has 0 saturated carbocycles. The molecule has 1 unspecified atom stereocenters. The molecular weight excluding hydrogens is 857 g/mol. The van der Waals surface area contributed by atoms with Gasteiger partial charge in [0.05, 0.1) is 12.7 Å². The summed E-state index contributed by atoms with van der Waals surface area (Å²) in [5.74, 6) is -6.48. The predicted octanol–water partition coefficient (Wildman–Crippen LogP) is 0.439. The van der Waals surface area contributed by atoms with Crippen LogP contribution in [0.5, 0.6) is 0 Å². The van der Waals surface area contributed by atoms with Crippen molar-refractivity contribution in [1.29, 1.82) is 0 Å². The van der Waals surface area contributed by atoms with Crippen molar-refractivity contribution in [1.82, 2.24) is 36.9 Å². The quantitative estimate of drug-likeness (QED) is 0.0314. The highest BCUT2D eigenvalue weighted by molar-refractivity contribution is 5.95. The number of cyclic esters (lactones) is 1. The number of primary amides is 1. The number of aromatic nitrogens is 1. The van der Waals surface area contributed by atoms with E-state index in [1.54, 1.807) is 25.3 Å². The molecule has 7 amide bonds. The third-order valence-electron chi connectivity index (χ3n) is 10.7. The molecule has 1 aromatic carbocycles. The van der Waals surface area contributed by atoms with E-state index in [2.05, 4.69) is 36.9 Å². The van der Waals surface area contributed by atoms with Gasteiger partial charge in [0.15, 0.2) is 5.78 Å². The van der Waals surface area contributed by atoms with E-state index in [0.717, 1.165) is 43.0 Å². The molecule has 0 aliphatic carbocycles. The molecule has 1 aliphatic heterocycles. The van der Waals surface area contributed by atoms with Crippen LogP contribution in [0, 0.1) is 0 Å². The Bertz CT molecular complexity index is 2030. The summed E-state index contributed by atoms with van der Waals surface area (Å²) in [4.78, 5) is 120. The Morgan fingerprint density at radius 1 is 0.879 bits per heavy atom. The highest BCUT2D eigenvalue weighted by atomic mass is 16.5. The van der Waals surface area contributed by atoms with Crippen molar-refractivity contribution in [2.24, 2.45) is 5.73 Å². The molecule has 66 heavy (non-hydrogen) atoms. The molecular formula is C46H66N8O12. The van der Waals surface area contributed by atoms with E-state index in [0.29, 0.717) is 31.2 Å². The normalized spacial score (nSPS) is 20.1. The molecule has 3 rings (SSSR count). The number of fused-ring (bicyclic) bond motifs is 1. The molecule has 11 N–H and O–H groups in total. The molecule has 0 spiro atoms. The van der Waals surface area contributed by atoms with Gasteiger partial charge in [-0.15, -0.1) is 0 Å². The van der Waals surface area contributed by atoms with Gasteiger partial charge in [-0.05, 0) is 70.1 Å². The van der Waals surface area contributed by atoms with Crippen LogP contribution in [0.25, 0.3) is 10.9 Å². The molecule has 0 radical (unpaired) electrons. The SMILES string of the molecule is CC(O)CCC/C=C/C=C/C(=O)CCCCCCCC(=O)N[C@H](CCC(N)=O)C(=O)N[C@@H]1C(=O)NCCC(=O)N[C@H](Cc2c[nH]c3ccccc23)C(=O)N[C@H](CO)C(=O)NCC(=O)O[C@@H]1C. The van der Waals surface area contributed by atoms with Crippen molar-refractivity contribution >= 4 is 64.0 Å². The average Bonchev–Trinajstić information content (AvgIpc) is 3.68. The van der Waals surface area contributed by atoms with Crippen LogP contribution in [-0.4, -0.2) is 124 Å². The first kappa shape index (κ1) is 53.9. The van der Waals surface area contributed by atoms with Gasteiger partial charge in [-0.2, -0.15) is 0 Å². The van der Waals surface area contributed by atoms with Crippen molar-refractivity contribution in [3.63, 3.8) is 0 Å². The second kappa shape index (κ2) is 29.2. The van der Waals surface area contributed by atoms with Crippen LogP contribution in [0.15, 0.2) is 54.8 Å². The predicted molar refractivity (Wildman–Crippen MR) is 243 cm³/mol. The summed E-state index contributed by atoms with van der Waals surface area (Å²) in [5.41, 5.74) is 6.80. The number of rotatable bonds is 23. The van der Waals surface area contributed by atoms with Gasteiger partial charge in [-0.1, -0.05) is 55.7 Å². The number of amides is 7. The van der Waals surface area contributed by atoms with E-state index in [4.69, 9.17) is 10.5 Å². The zero-order valence-electron chi connectivity index (χ0n) is 37.7. The van der Waals surface area contributed by atoms with Gasteiger partial charge in [0.1, 0.15) is 36.8 Å². The lowest BCUT2D eigenvalue weighted by atomic mass is 10.0. The first-order valence-corrected chi connectivity index (χ1v) is 22.5. The summed E-state index contributed by atoms with van der Waals surface area (Å²) in [7, 11) is 0. The Balaban J connectivity index is 1.61. The third-order valence-corrected chi connectivity index (χ3v) is 10.7. The maximum absolute atomic E-state index is 13.7. The Kier molecular flexibility index (Phi) is 23.9. The minimum atomic E-state index is -1.60. The van der Waals surface area contributed by atoms with Crippen LogP contribution in [0.2, 0.25) is 0 Å². The highest BCUT2D eigenvalue weighted by Crippen LogP contribution is 2.19. The van der Waals surface area contributed by atoms with Crippen molar-refractivity contribution < 1.29 is 58.1 Å². The maximum atomic E-state index is 13.7. The minimum Gasteiger partial charge on any atom is -0.459 e. The van der Waals surface area contributed by atoms with Crippen molar-refractivity contribution in [3.8, 4) is 0 Å². The van der Waals surface area contributed by atoms with E-state index in [9.17, 15) is 53.4 Å². The molecule has 0 bridgehead atoms. The smallest absolute Gasteiger partial charge is 0.325 e. The fraction of sp³-hybridized carbons (Fsp3) is 0.543. The third kappa shape index (κ3) is 20.2. The van der Waals surface area contributed by atoms with Crippen LogP contribution in [0.1, 0.15) is 103 Å². The van der Waals surface area contributed by atoms with Crippen LogP contribution in [-0.2, 0) is 54.3 Å². The summed E-state index contributed by atoms with van der Waals surface area (Å²) < 4.78 is 5.38. The van der Waals surface area contributed by atoms with E-state index in [1.165, 1.54) is 13.0 Å². The Morgan fingerprint density at radius 3 is 2.33 bits per heavy atom. The highest BCUT2D eigenvalue weighted by Gasteiger charge is 2.34. The Morgan fingerprint density at radius 2 is 1.61 bits per heavy atom. The van der Waals surface area contributed by atoms with Crippen molar-refractivity contribution in [3.05, 3.63) is 60.3 Å². The number of unbranched alkanes of at least 4 members (excludes halogenated alkanes) is 5. The Hall–Kier alpha value is -6.41. The minimum absolute atomic E-state index is 0.0117. The molecule has 2 aromatic rings. The molecule has 20 heteroatoms. The average molecular weight is 923 g/mol. The molecule has 1 aromatic heterocycles. The second-order valence-corrected chi connectivity index (χ2v) is 16.3. The number of hydrogen-bond acceptors (Lipinski definition) is 12. The lowest BCUT2D eigenvalue weighted by Crippen LogP contribution is -2.58. The number of aliphatic hydroxyl groups excluding tert-OH is 2. The van der Waals surface area contributed by atoms with Crippen molar-refractivity contribution in [2.75, 3.05) is 19.7 Å². The number of carbonyl (C=O) groups is 9. The van der Waals surface area contributed by atoms with Gasteiger partial charge in [-0.25, -0.2) is 0 Å². The number of allylic oxidation sites excluding steroid dienone is 4. The summed E-state index contributed by atoms with van der Waals surface area (Å²) in [5, 5.41) is 34.9. The molecule has 362 valence electrons. The number of nitrogens with two attached hydrogens (primary N) is 1. The number of aromatic amines is 1. The number of H-pyrrole nitrogens is 1. The summed E-state index contributed by atoms with van der Waals surface area (Å²) in [6, 6.07) is 1.58. The van der Waals surface area contributed by atoms with Gasteiger partial charge in [0.2, 0.25) is 41.4 Å². The zero-order valence-corrected chi connectivity index (χ0v) is 37.7. The van der Waals surface area contributed by atoms with Crippen LogP contribution >= 0.6 is 0 Å². The number of para-hydroxylation sites is 1. The fourth-order valence-corrected chi connectivity index (χ4v) is 7.01. The number of esters is 1. The standard InChI is InChI=1S/C46H66N8O12/c1-29(56)15-9-5-3-6-10-16-32(57)17-11-7-4-8-12-20-39(59)51-35(21-22-38(47)58)44(63)54-42-30(2)66-41(61)27-50-43(62)37(28-55)53-45(64)36(52-40(60)23-24-48-46(42)65)25-31-26-49-34-19-14-13-18-33(31)34/h3,6,10,13-14,16,18-19,26,29-30,35-37,42,49,55-56H,4-5,7-9,11-12,15,17,20-25,27-28H2,1-2H3,(H2,47,58)(H,48,65)(H,50,62)(H,51,59)(H,52,60)(H,53,64)(H,54,63)/b6-3+,16-10+/t29?,30-,35-,36-,37-,42+/m1/s1. The number of nitrogens with one attached hydrogen (secondary N) is 7. The van der Waals surface area contributed by atoms with Crippen LogP contribution < -0.4 is 37.6 Å². The number of benzene rings is 1. The van der Waals surface area contributed by atoms with Crippen molar-refractivity contribution in [2.45, 2.75) is 140 Å². The molecule has 6 atom stereocenters. The summed E-state index contributed by atoms with van der Waals surface area (Å²) >= 11 is 0. The Labute approximate surface area is 384 Å². The monoisotopic (exact) mass is 922 g/mol. The number of ether oxygens (including phenoxy) is 1. The lowest BCUT2D eigenvalue weighted by Gasteiger charge is -2.27. The molecule has 2 heterocycles. The largest absolute Gasteiger partial charge is 0.459 e. The first-order chi connectivity index (χ1) is 31.6. The second-order valence-electron chi connectivity index (χ2n) is 16.3. The van der Waals surface area contributed by atoms with E-state index in [-0.39, 0.29) is 50.5 Å². The number of aliphatic hydroxyl groups is 2. The van der Waals surface area contributed by atoms with Crippen LogP contribution in [0.4, 0.5) is 0 Å².